The summed E-state index contributed by atoms with van der Waals surface area (Å²) in [6.07, 6.45) is 1.74. The maximum absolute atomic E-state index is 13.3. The average molecular weight is 493 g/mol. The summed E-state index contributed by atoms with van der Waals surface area (Å²) in [7, 11) is 3.01. The van der Waals surface area contributed by atoms with Crippen LogP contribution in [0.1, 0.15) is 38.8 Å². The molecule has 2 heterocycles. The van der Waals surface area contributed by atoms with Gasteiger partial charge >= 0.3 is 5.97 Å². The van der Waals surface area contributed by atoms with Crippen LogP contribution in [-0.4, -0.2) is 56.1 Å². The van der Waals surface area contributed by atoms with E-state index in [0.717, 1.165) is 0 Å². The molecule has 10 heteroatoms. The van der Waals surface area contributed by atoms with Crippen molar-refractivity contribution in [2.75, 3.05) is 34.0 Å². The van der Waals surface area contributed by atoms with Crippen molar-refractivity contribution in [1.82, 2.24) is 4.57 Å². The minimum Gasteiger partial charge on any atom is -0.495 e. The molecule has 1 aromatic carbocycles. The van der Waals surface area contributed by atoms with E-state index in [4.69, 9.17) is 35.4 Å². The van der Waals surface area contributed by atoms with Crippen LogP contribution in [0.15, 0.2) is 40.4 Å². The number of carbonyl (C=O) groups is 1. The van der Waals surface area contributed by atoms with Gasteiger partial charge in [-0.25, -0.2) is 4.79 Å². The number of carbonyl (C=O) groups excluding carboxylic acids is 1. The van der Waals surface area contributed by atoms with Gasteiger partial charge in [0.05, 0.1) is 13.3 Å². The molecule has 0 N–H and O–H groups in total. The highest BCUT2D eigenvalue weighted by Crippen LogP contribution is 2.35. The Morgan fingerprint density at radius 3 is 2.56 bits per heavy atom. The summed E-state index contributed by atoms with van der Waals surface area (Å²) in [6.45, 7) is 6.26. The molecular weight excluding hydrogens is 464 g/mol. The molecule has 184 valence electrons. The van der Waals surface area contributed by atoms with Crippen LogP contribution in [0.4, 0.5) is 0 Å². The molecule has 3 rings (SSSR count). The number of aromatic nitrogens is 1. The van der Waals surface area contributed by atoms with Crippen LogP contribution < -0.4 is 10.3 Å². The van der Waals surface area contributed by atoms with Gasteiger partial charge < -0.3 is 23.8 Å². The highest BCUT2D eigenvalue weighted by Gasteiger charge is 2.29. The molecule has 0 spiro atoms. The number of esters is 1. The van der Waals surface area contributed by atoms with Crippen LogP contribution in [0.3, 0.4) is 0 Å². The number of halogens is 1. The van der Waals surface area contributed by atoms with E-state index in [1.165, 1.54) is 31.0 Å². The molecule has 1 aliphatic rings. The van der Waals surface area contributed by atoms with Crippen molar-refractivity contribution in [3.05, 3.63) is 51.4 Å². The molecule has 0 saturated carbocycles. The van der Waals surface area contributed by atoms with Crippen LogP contribution in [0.25, 0.3) is 11.1 Å². The first-order valence-corrected chi connectivity index (χ1v) is 11.2. The number of benzene rings is 1. The van der Waals surface area contributed by atoms with Crippen LogP contribution >= 0.6 is 11.6 Å². The predicted octanol–water partition coefficient (Wildman–Crippen LogP) is 3.81. The molecule has 0 fully saturated rings. The number of rotatable bonds is 8. The average Bonchev–Trinajstić information content (AvgIpc) is 2.79. The number of hydrogen-bond acceptors (Lipinski definition) is 8. The second-order valence-corrected chi connectivity index (χ2v) is 9.04. The lowest BCUT2D eigenvalue weighted by atomic mass is 9.99. The number of oxime groups is 1. The van der Waals surface area contributed by atoms with Gasteiger partial charge in [0.1, 0.15) is 24.0 Å². The predicted molar refractivity (Wildman–Crippen MR) is 128 cm³/mol. The Kier molecular flexibility index (Phi) is 8.22. The van der Waals surface area contributed by atoms with Gasteiger partial charge in [-0.05, 0) is 49.7 Å². The standard InChI is InChI=1S/C24H29ClN2O7/c1-24(2,3)34-23(29)19(8-9-30-4)27-14-20(31-5)18(13-21(27)28)17-12-15(25)6-7-16(17)22-26-33-11-10-32-22/h6-7,12-14,19H,8-11H2,1-5H3. The van der Waals surface area contributed by atoms with Gasteiger partial charge in [-0.15, -0.1) is 0 Å². The summed E-state index contributed by atoms with van der Waals surface area (Å²) < 4.78 is 23.3. The van der Waals surface area contributed by atoms with Crippen molar-refractivity contribution < 1.29 is 28.6 Å². The van der Waals surface area contributed by atoms with E-state index in [-0.39, 0.29) is 18.9 Å². The Labute approximate surface area is 203 Å². The van der Waals surface area contributed by atoms with E-state index in [0.29, 0.717) is 40.7 Å². The monoisotopic (exact) mass is 492 g/mol. The highest BCUT2D eigenvalue weighted by atomic mass is 35.5. The van der Waals surface area contributed by atoms with E-state index in [1.807, 2.05) is 0 Å². The second-order valence-electron chi connectivity index (χ2n) is 8.60. The van der Waals surface area contributed by atoms with Crippen LogP contribution in [0.5, 0.6) is 5.75 Å². The third-order valence-corrected chi connectivity index (χ3v) is 5.17. The lowest BCUT2D eigenvalue weighted by Crippen LogP contribution is -2.35. The SMILES string of the molecule is COCCC(C(=O)OC(C)(C)C)n1cc(OC)c(-c2cc(Cl)ccc2C2=NOCCO2)cc1=O. The quantitative estimate of drug-likeness (QED) is 0.517. The first kappa shape index (κ1) is 25.6. The Hall–Kier alpha value is -3.04. The van der Waals surface area contributed by atoms with E-state index in [1.54, 1.807) is 39.0 Å². The van der Waals surface area contributed by atoms with Crippen molar-refractivity contribution in [3.63, 3.8) is 0 Å². The Balaban J connectivity index is 2.12. The van der Waals surface area contributed by atoms with E-state index >= 15 is 0 Å². The lowest BCUT2D eigenvalue weighted by Gasteiger charge is -2.26. The fraction of sp³-hybridized carbons (Fsp3) is 0.458. The summed E-state index contributed by atoms with van der Waals surface area (Å²) in [5, 5.41) is 4.44. The summed E-state index contributed by atoms with van der Waals surface area (Å²) >= 11 is 6.27. The minimum atomic E-state index is -0.895. The fourth-order valence-corrected chi connectivity index (χ4v) is 3.65. The summed E-state index contributed by atoms with van der Waals surface area (Å²) in [5.74, 6) is 0.0919. The Bertz CT molecular complexity index is 1120. The number of methoxy groups -OCH3 is 2. The molecule has 9 nitrogen and oxygen atoms in total. The molecule has 1 unspecified atom stereocenters. The van der Waals surface area contributed by atoms with Crippen molar-refractivity contribution in [2.45, 2.75) is 38.8 Å². The van der Waals surface area contributed by atoms with Crippen LogP contribution in [-0.2, 0) is 23.8 Å². The first-order valence-electron chi connectivity index (χ1n) is 10.8. The van der Waals surface area contributed by atoms with Gasteiger partial charge in [-0.1, -0.05) is 11.6 Å². The highest BCUT2D eigenvalue weighted by molar-refractivity contribution is 6.31. The van der Waals surface area contributed by atoms with Gasteiger partial charge in [-0.3, -0.25) is 9.36 Å². The van der Waals surface area contributed by atoms with Gasteiger partial charge in [-0.2, -0.15) is 0 Å². The maximum atomic E-state index is 13.3. The zero-order chi connectivity index (χ0) is 24.9. The van der Waals surface area contributed by atoms with Crippen molar-refractivity contribution in [3.8, 4) is 16.9 Å². The third-order valence-electron chi connectivity index (χ3n) is 4.94. The minimum absolute atomic E-state index is 0.248. The molecule has 0 aliphatic carbocycles. The van der Waals surface area contributed by atoms with E-state index in [2.05, 4.69) is 5.16 Å². The van der Waals surface area contributed by atoms with Gasteiger partial charge in [0.15, 0.2) is 6.61 Å². The van der Waals surface area contributed by atoms with Gasteiger partial charge in [0.2, 0.25) is 0 Å². The summed E-state index contributed by atoms with van der Waals surface area (Å²) in [4.78, 5) is 31.4. The Morgan fingerprint density at radius 1 is 1.18 bits per heavy atom. The van der Waals surface area contributed by atoms with E-state index in [9.17, 15) is 9.59 Å². The second kappa shape index (κ2) is 10.9. The molecule has 1 aromatic heterocycles. The largest absolute Gasteiger partial charge is 0.495 e. The molecule has 0 saturated heterocycles. The lowest BCUT2D eigenvalue weighted by molar-refractivity contribution is -0.159. The van der Waals surface area contributed by atoms with Gasteiger partial charge in [0.25, 0.3) is 11.5 Å². The molecule has 0 radical (unpaired) electrons. The zero-order valence-corrected chi connectivity index (χ0v) is 20.7. The number of nitrogens with zero attached hydrogens (tertiary/aromatic N) is 2. The maximum Gasteiger partial charge on any atom is 0.329 e. The van der Waals surface area contributed by atoms with Crippen molar-refractivity contribution in [2.24, 2.45) is 5.16 Å². The topological polar surface area (TPSA) is 97.6 Å². The van der Waals surface area contributed by atoms with Crippen molar-refractivity contribution in [1.29, 1.82) is 0 Å². The smallest absolute Gasteiger partial charge is 0.329 e. The molecule has 1 atom stereocenters. The van der Waals surface area contributed by atoms with Crippen LogP contribution in [0.2, 0.25) is 5.02 Å². The number of ether oxygens (including phenoxy) is 4. The van der Waals surface area contributed by atoms with Crippen molar-refractivity contribution >= 4 is 23.5 Å². The molecule has 34 heavy (non-hydrogen) atoms. The van der Waals surface area contributed by atoms with Crippen LogP contribution in [0, 0.1) is 0 Å². The molecule has 1 aliphatic heterocycles. The van der Waals surface area contributed by atoms with E-state index < -0.39 is 23.2 Å². The number of hydrogen-bond donors (Lipinski definition) is 0. The molecular formula is C24H29ClN2O7. The van der Waals surface area contributed by atoms with Gasteiger partial charge in [0, 0.05) is 42.4 Å². The fourth-order valence-electron chi connectivity index (χ4n) is 3.47. The zero-order valence-electron chi connectivity index (χ0n) is 19.9. The molecule has 2 aromatic rings. The molecule has 0 bridgehead atoms. The first-order chi connectivity index (χ1) is 16.1. The third kappa shape index (κ3) is 6.09. The Morgan fingerprint density at radius 2 is 1.94 bits per heavy atom. The number of pyridine rings is 1. The molecule has 0 amide bonds. The summed E-state index contributed by atoms with van der Waals surface area (Å²) in [6, 6.07) is 5.61. The summed E-state index contributed by atoms with van der Waals surface area (Å²) in [5.41, 5.74) is 0.490. The normalized spacial score (nSPS) is 14.5.